The lowest BCUT2D eigenvalue weighted by Crippen LogP contribution is -2.39. The van der Waals surface area contributed by atoms with E-state index < -0.39 is 0 Å². The van der Waals surface area contributed by atoms with Crippen molar-refractivity contribution >= 4 is 27.7 Å². The van der Waals surface area contributed by atoms with Gasteiger partial charge in [-0.3, -0.25) is 0 Å². The lowest BCUT2D eigenvalue weighted by molar-refractivity contribution is 0.0835. The van der Waals surface area contributed by atoms with Crippen LogP contribution in [-0.4, -0.2) is 34.3 Å². The molecule has 2 rings (SSSR count). The van der Waals surface area contributed by atoms with E-state index in [1.807, 2.05) is 0 Å². The Balaban J connectivity index is 2.06. The Kier molecular flexibility index (Phi) is 3.06. The average Bonchev–Trinajstić information content (AvgIpc) is 2.19. The predicted molar refractivity (Wildman–Crippen MR) is 61.9 cm³/mol. The van der Waals surface area contributed by atoms with Crippen molar-refractivity contribution in [2.75, 3.05) is 17.7 Å². The Morgan fingerprint density at radius 2 is 2.27 bits per heavy atom. The van der Waals surface area contributed by atoms with E-state index in [4.69, 9.17) is 5.11 Å². The number of nitrogens with zero attached hydrogens (tertiary/aromatic N) is 2. The first kappa shape index (κ1) is 10.6. The average molecular weight is 273 g/mol. The first-order valence-corrected chi connectivity index (χ1v) is 5.63. The molecule has 1 aromatic rings. The molecule has 0 aliphatic heterocycles. The van der Waals surface area contributed by atoms with Crippen LogP contribution >= 0.6 is 15.9 Å². The van der Waals surface area contributed by atoms with Gasteiger partial charge in [-0.05, 0) is 28.8 Å². The Labute approximate surface area is 96.5 Å². The van der Waals surface area contributed by atoms with Crippen molar-refractivity contribution < 1.29 is 5.11 Å². The summed E-state index contributed by atoms with van der Waals surface area (Å²) in [5, 5.41) is 15.3. The highest BCUT2D eigenvalue weighted by Gasteiger charge is 2.27. The molecule has 0 aromatic carbocycles. The molecule has 0 bridgehead atoms. The van der Waals surface area contributed by atoms with Crippen LogP contribution in [-0.2, 0) is 0 Å². The molecule has 15 heavy (non-hydrogen) atoms. The second-order valence-corrected chi connectivity index (χ2v) is 4.46. The van der Waals surface area contributed by atoms with Crippen LogP contribution in [0.5, 0.6) is 0 Å². The summed E-state index contributed by atoms with van der Waals surface area (Å²) in [7, 11) is 1.78. The van der Waals surface area contributed by atoms with Crippen molar-refractivity contribution in [2.45, 2.75) is 25.0 Å². The Morgan fingerprint density at radius 3 is 2.87 bits per heavy atom. The topological polar surface area (TPSA) is 70.1 Å². The molecule has 1 heterocycles. The van der Waals surface area contributed by atoms with E-state index >= 15 is 0 Å². The molecule has 6 heteroatoms. The summed E-state index contributed by atoms with van der Waals surface area (Å²) in [5.41, 5.74) is 0. The third-order valence-corrected chi connectivity index (χ3v) is 3.00. The van der Waals surface area contributed by atoms with Crippen molar-refractivity contribution in [2.24, 2.45) is 0 Å². The first-order chi connectivity index (χ1) is 7.19. The normalized spacial score (nSPS) is 24.5. The molecule has 1 aromatic heterocycles. The van der Waals surface area contributed by atoms with Gasteiger partial charge >= 0.3 is 0 Å². The summed E-state index contributed by atoms with van der Waals surface area (Å²) in [5.74, 6) is 1.35. The summed E-state index contributed by atoms with van der Waals surface area (Å²) in [6.45, 7) is 0. The van der Waals surface area contributed by atoms with Crippen molar-refractivity contribution in [3.05, 3.63) is 10.7 Å². The van der Waals surface area contributed by atoms with Crippen LogP contribution in [0.3, 0.4) is 0 Å². The Morgan fingerprint density at radius 1 is 1.53 bits per heavy atom. The SMILES string of the molecule is CNc1ncc(Br)c(NC2CC(O)C2)n1. The number of aromatic nitrogens is 2. The van der Waals surface area contributed by atoms with E-state index in [0.29, 0.717) is 12.0 Å². The smallest absolute Gasteiger partial charge is 0.224 e. The summed E-state index contributed by atoms with van der Waals surface area (Å²) in [6.07, 6.45) is 3.11. The molecule has 1 aliphatic carbocycles. The van der Waals surface area contributed by atoms with Gasteiger partial charge < -0.3 is 15.7 Å². The maximum Gasteiger partial charge on any atom is 0.224 e. The number of rotatable bonds is 3. The second-order valence-electron chi connectivity index (χ2n) is 3.61. The van der Waals surface area contributed by atoms with Crippen LogP contribution in [0.1, 0.15) is 12.8 Å². The number of halogens is 1. The monoisotopic (exact) mass is 272 g/mol. The largest absolute Gasteiger partial charge is 0.393 e. The van der Waals surface area contributed by atoms with E-state index in [9.17, 15) is 0 Å². The molecule has 1 fully saturated rings. The molecule has 0 radical (unpaired) electrons. The van der Waals surface area contributed by atoms with E-state index in [0.717, 1.165) is 23.1 Å². The fourth-order valence-electron chi connectivity index (χ4n) is 1.49. The van der Waals surface area contributed by atoms with Gasteiger partial charge in [0.25, 0.3) is 0 Å². The minimum Gasteiger partial charge on any atom is -0.393 e. The lowest BCUT2D eigenvalue weighted by atomic mass is 9.89. The van der Waals surface area contributed by atoms with Crippen molar-refractivity contribution in [1.82, 2.24) is 9.97 Å². The van der Waals surface area contributed by atoms with Gasteiger partial charge in [0.15, 0.2) is 0 Å². The number of nitrogens with one attached hydrogen (secondary N) is 2. The van der Waals surface area contributed by atoms with Gasteiger partial charge in [-0.15, -0.1) is 0 Å². The van der Waals surface area contributed by atoms with Crippen LogP contribution in [0.4, 0.5) is 11.8 Å². The maximum atomic E-state index is 9.17. The standard InChI is InChI=1S/C9H13BrN4O/c1-11-9-12-4-7(10)8(14-9)13-5-2-6(15)3-5/h4-6,15H,2-3H2,1H3,(H2,11,12,13,14). The minimum absolute atomic E-state index is 0.160. The highest BCUT2D eigenvalue weighted by atomic mass is 79.9. The molecule has 82 valence electrons. The number of aliphatic hydroxyl groups is 1. The quantitative estimate of drug-likeness (QED) is 0.772. The number of hydrogen-bond acceptors (Lipinski definition) is 5. The van der Waals surface area contributed by atoms with Crippen molar-refractivity contribution in [3.63, 3.8) is 0 Å². The fraction of sp³-hybridized carbons (Fsp3) is 0.556. The maximum absolute atomic E-state index is 9.17. The summed E-state index contributed by atoms with van der Waals surface area (Å²) >= 11 is 3.38. The Hall–Kier alpha value is -0.880. The molecule has 0 spiro atoms. The van der Waals surface area contributed by atoms with E-state index in [1.165, 1.54) is 0 Å². The third kappa shape index (κ3) is 2.38. The second kappa shape index (κ2) is 4.32. The van der Waals surface area contributed by atoms with Crippen molar-refractivity contribution in [3.8, 4) is 0 Å². The molecule has 0 unspecified atom stereocenters. The van der Waals surface area contributed by atoms with E-state index in [1.54, 1.807) is 13.2 Å². The molecular weight excluding hydrogens is 260 g/mol. The molecule has 3 N–H and O–H groups in total. The summed E-state index contributed by atoms with van der Waals surface area (Å²) in [4.78, 5) is 8.34. The van der Waals surface area contributed by atoms with Gasteiger partial charge in [-0.25, -0.2) is 4.98 Å². The zero-order valence-corrected chi connectivity index (χ0v) is 9.95. The minimum atomic E-state index is -0.160. The van der Waals surface area contributed by atoms with E-state index in [-0.39, 0.29) is 6.10 Å². The lowest BCUT2D eigenvalue weighted by Gasteiger charge is -2.32. The molecular formula is C9H13BrN4O. The number of aliphatic hydroxyl groups excluding tert-OH is 1. The highest BCUT2D eigenvalue weighted by molar-refractivity contribution is 9.10. The molecule has 0 saturated heterocycles. The van der Waals surface area contributed by atoms with Crippen LogP contribution in [0, 0.1) is 0 Å². The van der Waals surface area contributed by atoms with Gasteiger partial charge in [-0.2, -0.15) is 4.98 Å². The third-order valence-electron chi connectivity index (χ3n) is 2.42. The molecule has 1 saturated carbocycles. The van der Waals surface area contributed by atoms with Crippen LogP contribution in [0.2, 0.25) is 0 Å². The highest BCUT2D eigenvalue weighted by Crippen LogP contribution is 2.27. The van der Waals surface area contributed by atoms with Gasteiger partial charge in [0.1, 0.15) is 5.82 Å². The van der Waals surface area contributed by atoms with Gasteiger partial charge in [0.2, 0.25) is 5.95 Å². The zero-order valence-electron chi connectivity index (χ0n) is 8.37. The molecule has 5 nitrogen and oxygen atoms in total. The Bertz CT molecular complexity index is 354. The zero-order chi connectivity index (χ0) is 10.8. The number of anilines is 2. The van der Waals surface area contributed by atoms with Crippen molar-refractivity contribution in [1.29, 1.82) is 0 Å². The first-order valence-electron chi connectivity index (χ1n) is 4.84. The van der Waals surface area contributed by atoms with E-state index in [2.05, 4.69) is 36.5 Å². The van der Waals surface area contributed by atoms with Gasteiger partial charge in [0.05, 0.1) is 10.6 Å². The molecule has 0 amide bonds. The fourth-order valence-corrected chi connectivity index (χ4v) is 1.79. The van der Waals surface area contributed by atoms with Gasteiger partial charge in [-0.1, -0.05) is 0 Å². The molecule has 0 atom stereocenters. The predicted octanol–water partition coefficient (Wildman–Crippen LogP) is 1.22. The number of hydrogen-bond donors (Lipinski definition) is 3. The van der Waals surface area contributed by atoms with Crippen LogP contribution in [0.25, 0.3) is 0 Å². The summed E-state index contributed by atoms with van der Waals surface area (Å²) < 4.78 is 0.836. The molecule has 1 aliphatic rings. The summed E-state index contributed by atoms with van der Waals surface area (Å²) in [6, 6.07) is 0.316. The van der Waals surface area contributed by atoms with Crippen LogP contribution < -0.4 is 10.6 Å². The van der Waals surface area contributed by atoms with Gasteiger partial charge in [0, 0.05) is 19.3 Å². The van der Waals surface area contributed by atoms with Crippen LogP contribution in [0.15, 0.2) is 10.7 Å².